The van der Waals surface area contributed by atoms with E-state index in [1.165, 1.54) is 5.56 Å². The van der Waals surface area contributed by atoms with Crippen molar-refractivity contribution in [1.82, 2.24) is 10.3 Å². The number of hydrogen-bond donors (Lipinski definition) is 1. The van der Waals surface area contributed by atoms with Crippen molar-refractivity contribution in [3.05, 3.63) is 53.5 Å². The number of nitrogens with zero attached hydrogens (tertiary/aromatic N) is 2. The van der Waals surface area contributed by atoms with Gasteiger partial charge in [-0.3, -0.25) is 0 Å². The Morgan fingerprint density at radius 3 is 2.95 bits per heavy atom. The van der Waals surface area contributed by atoms with Gasteiger partial charge >= 0.3 is 0 Å². The first-order valence-corrected chi connectivity index (χ1v) is 7.37. The van der Waals surface area contributed by atoms with Crippen molar-refractivity contribution in [2.45, 2.75) is 32.4 Å². The maximum Gasteiger partial charge on any atom is 0.170 e. The van der Waals surface area contributed by atoms with Gasteiger partial charge in [0.1, 0.15) is 0 Å². The van der Waals surface area contributed by atoms with Crippen LogP contribution in [0, 0.1) is 5.82 Å². The van der Waals surface area contributed by atoms with Crippen LogP contribution in [0.3, 0.4) is 0 Å². The summed E-state index contributed by atoms with van der Waals surface area (Å²) in [6.07, 6.45) is 3.73. The van der Waals surface area contributed by atoms with Gasteiger partial charge in [-0.15, -0.1) is 0 Å². The molecule has 110 valence electrons. The van der Waals surface area contributed by atoms with Crippen LogP contribution in [0.4, 0.5) is 15.9 Å². The SMILES string of the molecule is CNCc1ccnc(N2c3ccccc3CCC2C)c1F. The number of halogens is 1. The summed E-state index contributed by atoms with van der Waals surface area (Å²) in [7, 11) is 1.82. The normalized spacial score (nSPS) is 17.7. The van der Waals surface area contributed by atoms with Crippen LogP contribution >= 0.6 is 0 Å². The Labute approximate surface area is 124 Å². The summed E-state index contributed by atoms with van der Waals surface area (Å²) in [5.74, 6) is 0.206. The Bertz CT molecular complexity index is 642. The van der Waals surface area contributed by atoms with Gasteiger partial charge in [0.15, 0.2) is 11.6 Å². The average Bonchev–Trinajstić information content (AvgIpc) is 2.50. The molecule has 0 aliphatic carbocycles. The van der Waals surface area contributed by atoms with E-state index < -0.39 is 0 Å². The van der Waals surface area contributed by atoms with E-state index in [-0.39, 0.29) is 11.9 Å². The Hall–Kier alpha value is -1.94. The second kappa shape index (κ2) is 5.82. The van der Waals surface area contributed by atoms with Crippen LogP contribution in [0.2, 0.25) is 0 Å². The smallest absolute Gasteiger partial charge is 0.170 e. The second-order valence-corrected chi connectivity index (χ2v) is 5.52. The van der Waals surface area contributed by atoms with Crippen LogP contribution in [-0.4, -0.2) is 18.1 Å². The highest BCUT2D eigenvalue weighted by Crippen LogP contribution is 2.37. The van der Waals surface area contributed by atoms with Crippen molar-refractivity contribution in [3.63, 3.8) is 0 Å². The van der Waals surface area contributed by atoms with E-state index in [9.17, 15) is 4.39 Å². The first-order chi connectivity index (χ1) is 10.2. The molecule has 21 heavy (non-hydrogen) atoms. The lowest BCUT2D eigenvalue weighted by atomic mass is 9.96. The number of para-hydroxylation sites is 1. The molecule has 0 saturated heterocycles. The molecule has 0 spiro atoms. The van der Waals surface area contributed by atoms with Gasteiger partial charge in [0, 0.05) is 30.0 Å². The van der Waals surface area contributed by atoms with E-state index in [4.69, 9.17) is 0 Å². The van der Waals surface area contributed by atoms with Gasteiger partial charge in [0.2, 0.25) is 0 Å². The zero-order valence-corrected chi connectivity index (χ0v) is 12.4. The summed E-state index contributed by atoms with van der Waals surface area (Å²) < 4.78 is 14.8. The Balaban J connectivity index is 2.09. The molecular weight excluding hydrogens is 265 g/mol. The lowest BCUT2D eigenvalue weighted by Crippen LogP contribution is -2.34. The van der Waals surface area contributed by atoms with Crippen LogP contribution in [0.15, 0.2) is 36.5 Å². The van der Waals surface area contributed by atoms with Crippen molar-refractivity contribution >= 4 is 11.5 Å². The fourth-order valence-electron chi connectivity index (χ4n) is 2.98. The fourth-order valence-corrected chi connectivity index (χ4v) is 2.98. The van der Waals surface area contributed by atoms with Gasteiger partial charge in [-0.1, -0.05) is 18.2 Å². The summed E-state index contributed by atoms with van der Waals surface area (Å²) >= 11 is 0. The number of aromatic nitrogens is 1. The lowest BCUT2D eigenvalue weighted by molar-refractivity contribution is 0.563. The molecule has 1 aliphatic heterocycles. The van der Waals surface area contributed by atoms with Gasteiger partial charge in [-0.05, 0) is 44.5 Å². The molecule has 1 aliphatic rings. The Morgan fingerprint density at radius 1 is 1.33 bits per heavy atom. The molecule has 0 fully saturated rings. The Morgan fingerprint density at radius 2 is 2.14 bits per heavy atom. The number of fused-ring (bicyclic) bond motifs is 1. The molecule has 0 saturated carbocycles. The van der Waals surface area contributed by atoms with E-state index in [1.54, 1.807) is 12.3 Å². The third-order valence-electron chi connectivity index (χ3n) is 4.07. The molecular formula is C17H20FN3. The number of hydrogen-bond acceptors (Lipinski definition) is 3. The minimum absolute atomic E-state index is 0.226. The van der Waals surface area contributed by atoms with Crippen molar-refractivity contribution in [2.24, 2.45) is 0 Å². The highest BCUT2D eigenvalue weighted by Gasteiger charge is 2.27. The number of pyridine rings is 1. The molecule has 3 nitrogen and oxygen atoms in total. The lowest BCUT2D eigenvalue weighted by Gasteiger charge is -2.36. The molecule has 0 bridgehead atoms. The molecule has 1 atom stereocenters. The van der Waals surface area contributed by atoms with Crippen LogP contribution in [0.1, 0.15) is 24.5 Å². The first kappa shape index (κ1) is 14.0. The van der Waals surface area contributed by atoms with Gasteiger partial charge < -0.3 is 10.2 Å². The largest absolute Gasteiger partial charge is 0.321 e. The molecule has 1 aromatic heterocycles. The number of benzene rings is 1. The molecule has 1 unspecified atom stereocenters. The summed E-state index contributed by atoms with van der Waals surface area (Å²) in [5.41, 5.74) is 2.98. The monoisotopic (exact) mass is 285 g/mol. The molecule has 1 N–H and O–H groups in total. The molecule has 1 aromatic carbocycles. The van der Waals surface area contributed by atoms with Gasteiger partial charge in [-0.25, -0.2) is 9.37 Å². The van der Waals surface area contributed by atoms with E-state index in [0.717, 1.165) is 18.5 Å². The summed E-state index contributed by atoms with van der Waals surface area (Å²) in [6, 6.07) is 10.2. The van der Waals surface area contributed by atoms with E-state index in [1.807, 2.05) is 24.1 Å². The quantitative estimate of drug-likeness (QED) is 0.936. The fraction of sp³-hybridized carbons (Fsp3) is 0.353. The zero-order valence-electron chi connectivity index (χ0n) is 12.4. The van der Waals surface area contributed by atoms with Crippen LogP contribution in [0.25, 0.3) is 0 Å². The summed E-state index contributed by atoms with van der Waals surface area (Å²) in [5, 5.41) is 3.00. The van der Waals surface area contributed by atoms with Gasteiger partial charge in [0.05, 0.1) is 0 Å². The second-order valence-electron chi connectivity index (χ2n) is 5.52. The third-order valence-corrected chi connectivity index (χ3v) is 4.07. The van der Waals surface area contributed by atoms with Gasteiger partial charge in [-0.2, -0.15) is 0 Å². The predicted octanol–water partition coefficient (Wildman–Crippen LogP) is 3.41. The minimum atomic E-state index is -0.226. The van der Waals surface area contributed by atoms with E-state index in [0.29, 0.717) is 17.9 Å². The topological polar surface area (TPSA) is 28.2 Å². The highest BCUT2D eigenvalue weighted by atomic mass is 19.1. The van der Waals surface area contributed by atoms with Crippen molar-refractivity contribution in [2.75, 3.05) is 11.9 Å². The zero-order chi connectivity index (χ0) is 14.8. The number of nitrogens with one attached hydrogen (secondary N) is 1. The third kappa shape index (κ3) is 2.51. The number of rotatable bonds is 3. The predicted molar refractivity (Wildman–Crippen MR) is 83.3 cm³/mol. The minimum Gasteiger partial charge on any atom is -0.321 e. The molecule has 2 heterocycles. The van der Waals surface area contributed by atoms with Crippen LogP contribution < -0.4 is 10.2 Å². The number of anilines is 2. The van der Waals surface area contributed by atoms with Crippen LogP contribution in [-0.2, 0) is 13.0 Å². The Kier molecular flexibility index (Phi) is 3.88. The molecule has 2 aromatic rings. The maximum absolute atomic E-state index is 14.8. The van der Waals surface area contributed by atoms with Crippen molar-refractivity contribution in [3.8, 4) is 0 Å². The highest BCUT2D eigenvalue weighted by molar-refractivity contribution is 5.67. The van der Waals surface area contributed by atoms with Crippen molar-refractivity contribution in [1.29, 1.82) is 0 Å². The first-order valence-electron chi connectivity index (χ1n) is 7.37. The molecule has 4 heteroatoms. The maximum atomic E-state index is 14.8. The summed E-state index contributed by atoms with van der Waals surface area (Å²) in [6.45, 7) is 2.63. The number of aryl methyl sites for hydroxylation is 1. The average molecular weight is 285 g/mol. The summed E-state index contributed by atoms with van der Waals surface area (Å²) in [4.78, 5) is 6.35. The molecule has 0 amide bonds. The van der Waals surface area contributed by atoms with Crippen LogP contribution in [0.5, 0.6) is 0 Å². The standard InChI is InChI=1S/C17H20FN3/c1-12-7-8-13-5-3-4-6-15(13)21(12)17-16(18)14(11-19-2)9-10-20-17/h3-6,9-10,12,19H,7-8,11H2,1-2H3. The van der Waals surface area contributed by atoms with E-state index >= 15 is 0 Å². The van der Waals surface area contributed by atoms with Gasteiger partial charge in [0.25, 0.3) is 0 Å². The molecule has 3 rings (SSSR count). The van der Waals surface area contributed by atoms with E-state index in [2.05, 4.69) is 29.4 Å². The molecule has 0 radical (unpaired) electrons. The van der Waals surface area contributed by atoms with Crippen molar-refractivity contribution < 1.29 is 4.39 Å².